The minimum atomic E-state index is -0.950. The van der Waals surface area contributed by atoms with Crippen LogP contribution in [0.1, 0.15) is 124 Å². The van der Waals surface area contributed by atoms with Gasteiger partial charge in [-0.05, 0) is 0 Å². The predicted octanol–water partition coefficient (Wildman–Crippen LogP) is 8.67. The van der Waals surface area contributed by atoms with Gasteiger partial charge in [-0.15, -0.1) is 0 Å². The Morgan fingerprint density at radius 3 is 0.917 bits per heavy atom. The maximum absolute atomic E-state index is 2.54. The van der Waals surface area contributed by atoms with Crippen LogP contribution in [0.25, 0.3) is 0 Å². The first-order chi connectivity index (χ1) is 11.7. The van der Waals surface area contributed by atoms with Crippen LogP contribution in [0.4, 0.5) is 0 Å². The molecular formula is C23H51P. The maximum atomic E-state index is 2.54. The van der Waals surface area contributed by atoms with Crippen LogP contribution in [0, 0.1) is 0 Å². The summed E-state index contributed by atoms with van der Waals surface area (Å²) >= 11 is 0. The van der Waals surface area contributed by atoms with Crippen molar-refractivity contribution in [2.75, 3.05) is 24.6 Å². The molecule has 0 radical (unpaired) electrons. The van der Waals surface area contributed by atoms with Crippen molar-refractivity contribution in [1.29, 1.82) is 0 Å². The van der Waals surface area contributed by atoms with E-state index in [1.165, 1.54) is 77.0 Å². The van der Waals surface area contributed by atoms with Gasteiger partial charge in [0.2, 0.25) is 0 Å². The molecule has 0 aliphatic rings. The average molecular weight is 359 g/mol. The van der Waals surface area contributed by atoms with Crippen LogP contribution in [0.3, 0.4) is 0 Å². The van der Waals surface area contributed by atoms with Crippen LogP contribution in [0.15, 0.2) is 0 Å². The van der Waals surface area contributed by atoms with Crippen LogP contribution in [-0.4, -0.2) is 24.6 Å². The fourth-order valence-electron chi connectivity index (χ4n) is 4.22. The van der Waals surface area contributed by atoms with E-state index in [1.807, 2.05) is 0 Å². The molecule has 0 amide bonds. The molecule has 0 saturated carbocycles. The van der Waals surface area contributed by atoms with Gasteiger partial charge < -0.3 is 0 Å². The van der Waals surface area contributed by atoms with E-state index < -0.39 is 7.26 Å². The van der Waals surface area contributed by atoms with Crippen LogP contribution in [-0.2, 0) is 0 Å². The SMILES string of the molecule is CCCCCCC[PH](CC)(CCCCCCC)CCCCCCC. The van der Waals surface area contributed by atoms with Crippen molar-refractivity contribution in [1.82, 2.24) is 0 Å². The molecule has 0 aromatic carbocycles. The molecule has 0 atom stereocenters. The van der Waals surface area contributed by atoms with Crippen LogP contribution >= 0.6 is 7.26 Å². The topological polar surface area (TPSA) is 0 Å². The summed E-state index contributed by atoms with van der Waals surface area (Å²) in [4.78, 5) is 0. The molecule has 0 rings (SSSR count). The summed E-state index contributed by atoms with van der Waals surface area (Å²) in [5, 5.41) is 0. The third kappa shape index (κ3) is 13.7. The Hall–Kier alpha value is 0.430. The van der Waals surface area contributed by atoms with Crippen molar-refractivity contribution in [3.05, 3.63) is 0 Å². The van der Waals surface area contributed by atoms with Gasteiger partial charge in [-0.3, -0.25) is 0 Å². The zero-order chi connectivity index (χ0) is 17.9. The Labute approximate surface area is 156 Å². The van der Waals surface area contributed by atoms with Crippen molar-refractivity contribution in [3.8, 4) is 0 Å². The van der Waals surface area contributed by atoms with Gasteiger partial charge in [0.25, 0.3) is 0 Å². The summed E-state index contributed by atoms with van der Waals surface area (Å²) in [7, 11) is -0.950. The zero-order valence-electron chi connectivity index (χ0n) is 17.9. The van der Waals surface area contributed by atoms with E-state index in [-0.39, 0.29) is 0 Å². The Bertz CT molecular complexity index is 200. The van der Waals surface area contributed by atoms with Gasteiger partial charge in [-0.25, -0.2) is 0 Å². The third-order valence-electron chi connectivity index (χ3n) is 6.18. The van der Waals surface area contributed by atoms with Crippen LogP contribution in [0.2, 0.25) is 0 Å². The number of unbranched alkanes of at least 4 members (excludes halogenated alkanes) is 12. The molecule has 0 aliphatic heterocycles. The zero-order valence-corrected chi connectivity index (χ0v) is 18.9. The first kappa shape index (κ1) is 24.4. The fraction of sp³-hybridized carbons (Fsp3) is 1.00. The second-order valence-electron chi connectivity index (χ2n) is 8.35. The molecule has 0 saturated heterocycles. The van der Waals surface area contributed by atoms with Crippen molar-refractivity contribution in [3.63, 3.8) is 0 Å². The van der Waals surface area contributed by atoms with Crippen LogP contribution < -0.4 is 0 Å². The van der Waals surface area contributed by atoms with Crippen molar-refractivity contribution in [2.45, 2.75) is 124 Å². The van der Waals surface area contributed by atoms with Gasteiger partial charge in [0, 0.05) is 0 Å². The summed E-state index contributed by atoms with van der Waals surface area (Å²) in [6.45, 7) is 9.53. The second kappa shape index (κ2) is 18.2. The minimum absolute atomic E-state index is 0.950. The first-order valence-corrected chi connectivity index (χ1v) is 14.6. The van der Waals surface area contributed by atoms with E-state index in [2.05, 4.69) is 27.7 Å². The number of rotatable bonds is 19. The summed E-state index contributed by atoms with van der Waals surface area (Å²) < 4.78 is 0. The molecule has 148 valence electrons. The molecule has 0 fully saturated rings. The Kier molecular flexibility index (Phi) is 18.6. The Morgan fingerprint density at radius 2 is 0.667 bits per heavy atom. The number of hydrogen-bond acceptors (Lipinski definition) is 0. The molecule has 24 heavy (non-hydrogen) atoms. The van der Waals surface area contributed by atoms with E-state index in [0.717, 1.165) is 0 Å². The fourth-order valence-corrected chi connectivity index (χ4v) is 9.03. The van der Waals surface area contributed by atoms with E-state index in [9.17, 15) is 0 Å². The normalized spacial score (nSPS) is 12.7. The monoisotopic (exact) mass is 358 g/mol. The summed E-state index contributed by atoms with van der Waals surface area (Å²) in [6, 6.07) is 0. The molecular weight excluding hydrogens is 307 g/mol. The van der Waals surface area contributed by atoms with E-state index in [0.29, 0.717) is 0 Å². The van der Waals surface area contributed by atoms with Gasteiger partial charge in [-0.1, -0.05) is 0 Å². The molecule has 0 aromatic heterocycles. The van der Waals surface area contributed by atoms with Gasteiger partial charge in [0.1, 0.15) is 0 Å². The molecule has 0 nitrogen and oxygen atoms in total. The summed E-state index contributed by atoms with van der Waals surface area (Å²) in [5.41, 5.74) is 0. The molecule has 0 heterocycles. The molecule has 0 unspecified atom stereocenters. The van der Waals surface area contributed by atoms with Crippen LogP contribution in [0.5, 0.6) is 0 Å². The van der Waals surface area contributed by atoms with E-state index >= 15 is 0 Å². The van der Waals surface area contributed by atoms with Crippen molar-refractivity contribution >= 4 is 7.26 Å². The number of hydrogen-bond donors (Lipinski definition) is 0. The Balaban J connectivity index is 4.23. The van der Waals surface area contributed by atoms with Gasteiger partial charge >= 0.3 is 156 Å². The molecule has 0 N–H and O–H groups in total. The first-order valence-electron chi connectivity index (χ1n) is 11.7. The molecule has 0 aliphatic carbocycles. The van der Waals surface area contributed by atoms with Gasteiger partial charge in [0.15, 0.2) is 0 Å². The quantitative estimate of drug-likeness (QED) is 0.160. The van der Waals surface area contributed by atoms with Gasteiger partial charge in [-0.2, -0.15) is 0 Å². The molecule has 0 aromatic rings. The third-order valence-corrected chi connectivity index (χ3v) is 11.9. The summed E-state index contributed by atoms with van der Waals surface area (Å²) in [5.74, 6) is 0. The van der Waals surface area contributed by atoms with Crippen molar-refractivity contribution < 1.29 is 0 Å². The van der Waals surface area contributed by atoms with E-state index in [1.54, 1.807) is 43.9 Å². The van der Waals surface area contributed by atoms with E-state index in [4.69, 9.17) is 0 Å². The predicted molar refractivity (Wildman–Crippen MR) is 120 cm³/mol. The van der Waals surface area contributed by atoms with Gasteiger partial charge in [0.05, 0.1) is 0 Å². The molecule has 0 spiro atoms. The Morgan fingerprint density at radius 1 is 0.375 bits per heavy atom. The molecule has 1 heteroatoms. The van der Waals surface area contributed by atoms with Crippen molar-refractivity contribution in [2.24, 2.45) is 0 Å². The second-order valence-corrected chi connectivity index (χ2v) is 13.6. The standard InChI is InChI=1S/C23H51P/c1-5-9-12-15-18-21-24(8-4,22-19-16-13-10-6-2)23-20-17-14-11-7-3/h24H,5-23H2,1-4H3. The average Bonchev–Trinajstić information content (AvgIpc) is 2.60. The summed E-state index contributed by atoms with van der Waals surface area (Å²) in [6.07, 6.45) is 28.6. The molecule has 0 bridgehead atoms.